The summed E-state index contributed by atoms with van der Waals surface area (Å²) >= 11 is 0. The van der Waals surface area contributed by atoms with E-state index in [1.807, 2.05) is 19.1 Å². The Kier molecular flexibility index (Phi) is 6.76. The number of carbonyl (C=O) groups is 1. The molecule has 8 heteroatoms. The Labute approximate surface area is 206 Å². The topological polar surface area (TPSA) is 84.9 Å². The normalized spacial score (nSPS) is 15.7. The molecule has 1 N–H and O–H groups in total. The molecule has 0 saturated heterocycles. The molecule has 35 heavy (non-hydrogen) atoms. The van der Waals surface area contributed by atoms with Gasteiger partial charge in [0.2, 0.25) is 0 Å². The first-order chi connectivity index (χ1) is 16.6. The van der Waals surface area contributed by atoms with Gasteiger partial charge in [0, 0.05) is 5.69 Å². The number of sulfonamides is 1. The number of hydrogen-bond acceptors (Lipinski definition) is 5. The molecular weight excluding hydrogens is 464 g/mol. The molecule has 3 aromatic rings. The standard InChI is InChI=1S/C27H30N2O5S/c1-5-33-21-14-12-20(13-15-21)28-26(30)25-18-29(35(31,32)22-9-7-6-8-10-22)23-17-19(27(2,3)4)11-16-24(23)34-25/h6-17,25H,5,18H2,1-4H3,(H,28,30). The van der Waals surface area contributed by atoms with Crippen molar-refractivity contribution in [3.63, 3.8) is 0 Å². The van der Waals surface area contributed by atoms with Crippen molar-refractivity contribution >= 4 is 27.3 Å². The minimum absolute atomic E-state index is 0.152. The number of hydrogen-bond donors (Lipinski definition) is 1. The van der Waals surface area contributed by atoms with Gasteiger partial charge < -0.3 is 14.8 Å². The maximum Gasteiger partial charge on any atom is 0.267 e. The maximum atomic E-state index is 13.7. The first-order valence-electron chi connectivity index (χ1n) is 11.5. The number of nitrogens with one attached hydrogen (secondary N) is 1. The van der Waals surface area contributed by atoms with Crippen LogP contribution >= 0.6 is 0 Å². The van der Waals surface area contributed by atoms with E-state index in [9.17, 15) is 13.2 Å². The fourth-order valence-corrected chi connectivity index (χ4v) is 5.31. The van der Waals surface area contributed by atoms with E-state index < -0.39 is 22.0 Å². The molecule has 0 aliphatic carbocycles. The molecule has 0 fully saturated rings. The number of rotatable bonds is 6. The van der Waals surface area contributed by atoms with Crippen LogP contribution in [-0.2, 0) is 20.2 Å². The molecule has 3 aromatic carbocycles. The number of amides is 1. The van der Waals surface area contributed by atoms with E-state index in [1.165, 1.54) is 4.31 Å². The van der Waals surface area contributed by atoms with Gasteiger partial charge in [0.15, 0.2) is 6.10 Å². The third-order valence-electron chi connectivity index (χ3n) is 5.75. The average molecular weight is 495 g/mol. The van der Waals surface area contributed by atoms with E-state index >= 15 is 0 Å². The van der Waals surface area contributed by atoms with Gasteiger partial charge in [0.1, 0.15) is 11.5 Å². The zero-order valence-corrected chi connectivity index (χ0v) is 21.1. The summed E-state index contributed by atoms with van der Waals surface area (Å²) in [6.07, 6.45) is -1.03. The molecule has 1 unspecified atom stereocenters. The lowest BCUT2D eigenvalue weighted by Crippen LogP contribution is -2.49. The van der Waals surface area contributed by atoms with Gasteiger partial charge in [-0.05, 0) is 66.4 Å². The first-order valence-corrected chi connectivity index (χ1v) is 13.0. The lowest BCUT2D eigenvalue weighted by atomic mass is 9.86. The van der Waals surface area contributed by atoms with Crippen molar-refractivity contribution in [3.05, 3.63) is 78.4 Å². The Morgan fingerprint density at radius 2 is 1.74 bits per heavy atom. The van der Waals surface area contributed by atoms with Gasteiger partial charge in [0.05, 0.1) is 23.7 Å². The third kappa shape index (κ3) is 5.27. The van der Waals surface area contributed by atoms with Crippen molar-refractivity contribution in [1.82, 2.24) is 0 Å². The molecule has 1 heterocycles. The molecule has 1 atom stereocenters. The molecule has 7 nitrogen and oxygen atoms in total. The van der Waals surface area contributed by atoms with Crippen LogP contribution in [0.5, 0.6) is 11.5 Å². The smallest absolute Gasteiger partial charge is 0.267 e. The van der Waals surface area contributed by atoms with E-state index in [4.69, 9.17) is 9.47 Å². The van der Waals surface area contributed by atoms with E-state index in [1.54, 1.807) is 60.7 Å². The fraction of sp³-hybridized carbons (Fsp3) is 0.296. The second kappa shape index (κ2) is 9.62. The molecule has 1 aliphatic heterocycles. The molecule has 0 radical (unpaired) electrons. The van der Waals surface area contributed by atoms with E-state index in [2.05, 4.69) is 26.1 Å². The zero-order chi connectivity index (χ0) is 25.2. The predicted octanol–water partition coefficient (Wildman–Crippen LogP) is 4.98. The van der Waals surface area contributed by atoms with Gasteiger partial charge in [0.25, 0.3) is 15.9 Å². The van der Waals surface area contributed by atoms with E-state index in [0.717, 1.165) is 5.56 Å². The van der Waals surface area contributed by atoms with Crippen molar-refractivity contribution in [1.29, 1.82) is 0 Å². The SMILES string of the molecule is CCOc1ccc(NC(=O)C2CN(S(=O)(=O)c3ccccc3)c3cc(C(C)(C)C)ccc3O2)cc1. The largest absolute Gasteiger partial charge is 0.494 e. The van der Waals surface area contributed by atoms with Crippen molar-refractivity contribution in [3.8, 4) is 11.5 Å². The maximum absolute atomic E-state index is 13.7. The van der Waals surface area contributed by atoms with Gasteiger partial charge >= 0.3 is 0 Å². The van der Waals surface area contributed by atoms with Gasteiger partial charge in [-0.1, -0.05) is 45.0 Å². The van der Waals surface area contributed by atoms with Crippen molar-refractivity contribution in [2.45, 2.75) is 44.1 Å². The highest BCUT2D eigenvalue weighted by atomic mass is 32.2. The minimum atomic E-state index is -3.93. The lowest BCUT2D eigenvalue weighted by Gasteiger charge is -2.36. The molecule has 1 aliphatic rings. The number of nitrogens with zero attached hydrogens (tertiary/aromatic N) is 1. The average Bonchev–Trinajstić information content (AvgIpc) is 2.84. The van der Waals surface area contributed by atoms with Crippen molar-refractivity contribution in [2.24, 2.45) is 0 Å². The summed E-state index contributed by atoms with van der Waals surface area (Å²) in [5.41, 5.74) is 1.75. The number of benzene rings is 3. The summed E-state index contributed by atoms with van der Waals surface area (Å²) in [5.74, 6) is 0.603. The molecular formula is C27H30N2O5S. The second-order valence-corrected chi connectivity index (χ2v) is 11.2. The van der Waals surface area contributed by atoms with Crippen molar-refractivity contribution < 1.29 is 22.7 Å². The van der Waals surface area contributed by atoms with Crippen LogP contribution in [0.25, 0.3) is 0 Å². The predicted molar refractivity (Wildman–Crippen MR) is 137 cm³/mol. The number of carbonyl (C=O) groups excluding carboxylic acids is 1. The molecule has 0 bridgehead atoms. The van der Waals surface area contributed by atoms with E-state index in [-0.39, 0.29) is 16.9 Å². The second-order valence-electron chi connectivity index (χ2n) is 9.33. The Balaban J connectivity index is 1.68. The lowest BCUT2D eigenvalue weighted by molar-refractivity contribution is -0.122. The highest BCUT2D eigenvalue weighted by molar-refractivity contribution is 7.92. The Morgan fingerprint density at radius 3 is 2.37 bits per heavy atom. The summed E-state index contributed by atoms with van der Waals surface area (Å²) in [7, 11) is -3.93. The molecule has 184 valence electrons. The van der Waals surface area contributed by atoms with Crippen LogP contribution in [0.4, 0.5) is 11.4 Å². The van der Waals surface area contributed by atoms with Crippen LogP contribution < -0.4 is 19.1 Å². The summed E-state index contributed by atoms with van der Waals surface area (Å²) in [6, 6.07) is 20.7. The molecule has 4 rings (SSSR count). The molecule has 0 aromatic heterocycles. The molecule has 0 spiro atoms. The zero-order valence-electron chi connectivity index (χ0n) is 20.3. The summed E-state index contributed by atoms with van der Waals surface area (Å²) < 4.78 is 40.1. The number of ether oxygens (including phenoxy) is 2. The Morgan fingerprint density at radius 1 is 1.06 bits per heavy atom. The monoisotopic (exact) mass is 494 g/mol. The van der Waals surface area contributed by atoms with Crippen LogP contribution in [0.15, 0.2) is 77.7 Å². The van der Waals surface area contributed by atoms with Gasteiger partial charge in [-0.15, -0.1) is 0 Å². The Hall–Kier alpha value is -3.52. The van der Waals surface area contributed by atoms with Crippen molar-refractivity contribution in [2.75, 3.05) is 22.8 Å². The van der Waals surface area contributed by atoms with Crippen LogP contribution in [-0.4, -0.2) is 33.6 Å². The van der Waals surface area contributed by atoms with Crippen LogP contribution in [0.1, 0.15) is 33.3 Å². The number of anilines is 2. The van der Waals surface area contributed by atoms with Crippen LogP contribution in [0.2, 0.25) is 0 Å². The van der Waals surface area contributed by atoms with Gasteiger partial charge in [-0.25, -0.2) is 8.42 Å². The summed E-state index contributed by atoms with van der Waals surface area (Å²) in [5, 5.41) is 2.82. The molecule has 1 amide bonds. The van der Waals surface area contributed by atoms with Crippen LogP contribution in [0.3, 0.4) is 0 Å². The quantitative estimate of drug-likeness (QED) is 0.523. The summed E-state index contributed by atoms with van der Waals surface area (Å²) in [6.45, 7) is 8.46. The van der Waals surface area contributed by atoms with E-state index in [0.29, 0.717) is 29.5 Å². The highest BCUT2D eigenvalue weighted by Crippen LogP contribution is 2.40. The van der Waals surface area contributed by atoms with Gasteiger partial charge in [-0.2, -0.15) is 0 Å². The summed E-state index contributed by atoms with van der Waals surface area (Å²) in [4.78, 5) is 13.3. The van der Waals surface area contributed by atoms with Gasteiger partial charge in [-0.3, -0.25) is 9.10 Å². The minimum Gasteiger partial charge on any atom is -0.494 e. The highest BCUT2D eigenvalue weighted by Gasteiger charge is 2.38. The first kappa shape index (κ1) is 24.6. The third-order valence-corrected chi connectivity index (χ3v) is 7.54. The fourth-order valence-electron chi connectivity index (χ4n) is 3.83. The Bertz CT molecular complexity index is 1300. The molecule has 0 saturated carbocycles. The number of fused-ring (bicyclic) bond motifs is 1. The van der Waals surface area contributed by atoms with Crippen LogP contribution in [0, 0.1) is 0 Å².